The highest BCUT2D eigenvalue weighted by atomic mass is 16.3. The Morgan fingerprint density at radius 2 is 1.80 bits per heavy atom. The first-order valence-electron chi connectivity index (χ1n) is 4.98. The van der Waals surface area contributed by atoms with Crippen LogP contribution < -0.4 is 0 Å². The monoisotopic (exact) mass is 207 g/mol. The molecule has 3 heteroatoms. The van der Waals surface area contributed by atoms with Crippen LogP contribution in [0.5, 0.6) is 0 Å². The number of rotatable bonds is 3. The van der Waals surface area contributed by atoms with E-state index in [1.165, 1.54) is 4.90 Å². The third kappa shape index (κ3) is 2.80. The van der Waals surface area contributed by atoms with Gasteiger partial charge < -0.3 is 10.0 Å². The fraction of sp³-hybridized carbons (Fsp3) is 0.417. The van der Waals surface area contributed by atoms with Crippen molar-refractivity contribution >= 4 is 5.91 Å². The van der Waals surface area contributed by atoms with Gasteiger partial charge in [-0.15, -0.1) is 0 Å². The molecule has 0 spiro atoms. The number of hydrogen-bond acceptors (Lipinski definition) is 2. The lowest BCUT2D eigenvalue weighted by molar-refractivity contribution is -0.136. The number of carbonyl (C=O) groups is 1. The quantitative estimate of drug-likeness (QED) is 0.814. The predicted molar refractivity (Wildman–Crippen MR) is 59.3 cm³/mol. The van der Waals surface area contributed by atoms with Crippen molar-refractivity contribution in [2.75, 3.05) is 14.1 Å². The largest absolute Gasteiger partial charge is 0.388 e. The fourth-order valence-corrected chi connectivity index (χ4v) is 1.48. The molecule has 0 aliphatic carbocycles. The molecule has 2 atom stereocenters. The van der Waals surface area contributed by atoms with Crippen LogP contribution in [0.1, 0.15) is 18.6 Å². The molecule has 1 rings (SSSR count). The molecule has 1 amide bonds. The van der Waals surface area contributed by atoms with Crippen molar-refractivity contribution in [2.45, 2.75) is 13.0 Å². The second-order valence-electron chi connectivity index (χ2n) is 3.88. The third-order valence-electron chi connectivity index (χ3n) is 2.45. The molecule has 0 radical (unpaired) electrons. The van der Waals surface area contributed by atoms with Gasteiger partial charge >= 0.3 is 0 Å². The number of aliphatic hydroxyl groups excluding tert-OH is 1. The zero-order valence-electron chi connectivity index (χ0n) is 9.34. The standard InChI is InChI=1S/C12H17NO2/c1-9(12(15)13(2)3)11(14)10-7-5-4-6-8-10/h4-9,11,14H,1-3H3/t9-,11-/m1/s1. The SMILES string of the molecule is C[C@@H](C(=O)N(C)C)[C@@H](O)c1ccccc1. The van der Waals surface area contributed by atoms with Crippen LogP contribution in [0.2, 0.25) is 0 Å². The van der Waals surface area contributed by atoms with Crippen molar-refractivity contribution in [3.05, 3.63) is 35.9 Å². The van der Waals surface area contributed by atoms with Gasteiger partial charge in [-0.25, -0.2) is 0 Å². The molecule has 0 aliphatic rings. The molecule has 0 aliphatic heterocycles. The topological polar surface area (TPSA) is 40.5 Å². The normalized spacial score (nSPS) is 14.4. The Bertz CT molecular complexity index is 322. The molecule has 82 valence electrons. The Morgan fingerprint density at radius 3 is 2.27 bits per heavy atom. The lowest BCUT2D eigenvalue weighted by atomic mass is 9.96. The number of amides is 1. The molecule has 0 bridgehead atoms. The summed E-state index contributed by atoms with van der Waals surface area (Å²) >= 11 is 0. The average Bonchev–Trinajstić information content (AvgIpc) is 2.27. The summed E-state index contributed by atoms with van der Waals surface area (Å²) in [6.07, 6.45) is -0.735. The van der Waals surface area contributed by atoms with E-state index >= 15 is 0 Å². The summed E-state index contributed by atoms with van der Waals surface area (Å²) in [5.41, 5.74) is 0.778. The smallest absolute Gasteiger partial charge is 0.227 e. The van der Waals surface area contributed by atoms with E-state index in [4.69, 9.17) is 0 Å². The van der Waals surface area contributed by atoms with Crippen molar-refractivity contribution in [2.24, 2.45) is 5.92 Å². The van der Waals surface area contributed by atoms with E-state index in [1.54, 1.807) is 21.0 Å². The Balaban J connectivity index is 2.77. The molecular weight excluding hydrogens is 190 g/mol. The number of hydrogen-bond donors (Lipinski definition) is 1. The summed E-state index contributed by atoms with van der Waals surface area (Å²) < 4.78 is 0. The van der Waals surface area contributed by atoms with Crippen LogP contribution in [0.3, 0.4) is 0 Å². The third-order valence-corrected chi connectivity index (χ3v) is 2.45. The Hall–Kier alpha value is -1.35. The maximum atomic E-state index is 11.6. The van der Waals surface area contributed by atoms with E-state index in [0.29, 0.717) is 0 Å². The summed E-state index contributed by atoms with van der Waals surface area (Å²) in [6.45, 7) is 1.74. The van der Waals surface area contributed by atoms with E-state index in [1.807, 2.05) is 30.3 Å². The minimum Gasteiger partial charge on any atom is -0.388 e. The summed E-state index contributed by atoms with van der Waals surface area (Å²) in [5, 5.41) is 9.96. The van der Waals surface area contributed by atoms with Gasteiger partial charge in [0.15, 0.2) is 0 Å². The van der Waals surface area contributed by atoms with Gasteiger partial charge in [-0.1, -0.05) is 37.3 Å². The fourth-order valence-electron chi connectivity index (χ4n) is 1.48. The van der Waals surface area contributed by atoms with Crippen LogP contribution in [-0.2, 0) is 4.79 Å². The van der Waals surface area contributed by atoms with Gasteiger partial charge in [0.2, 0.25) is 5.91 Å². The van der Waals surface area contributed by atoms with Crippen LogP contribution in [0.25, 0.3) is 0 Å². The number of aliphatic hydroxyl groups is 1. The van der Waals surface area contributed by atoms with Gasteiger partial charge in [0.05, 0.1) is 12.0 Å². The van der Waals surface area contributed by atoms with Crippen LogP contribution in [-0.4, -0.2) is 30.0 Å². The number of nitrogens with zero attached hydrogens (tertiary/aromatic N) is 1. The molecular formula is C12H17NO2. The van der Waals surface area contributed by atoms with E-state index in [2.05, 4.69) is 0 Å². The lowest BCUT2D eigenvalue weighted by Gasteiger charge is -2.21. The van der Waals surface area contributed by atoms with Gasteiger partial charge in [0.1, 0.15) is 0 Å². The molecule has 1 aromatic carbocycles. The highest BCUT2D eigenvalue weighted by Gasteiger charge is 2.24. The summed E-state index contributed by atoms with van der Waals surface area (Å²) in [5.74, 6) is -0.478. The molecule has 1 aromatic rings. The highest BCUT2D eigenvalue weighted by Crippen LogP contribution is 2.22. The average molecular weight is 207 g/mol. The van der Waals surface area contributed by atoms with Crippen molar-refractivity contribution < 1.29 is 9.90 Å². The Morgan fingerprint density at radius 1 is 1.27 bits per heavy atom. The Labute approximate surface area is 90.3 Å². The van der Waals surface area contributed by atoms with E-state index in [9.17, 15) is 9.90 Å². The first-order chi connectivity index (χ1) is 7.04. The second-order valence-corrected chi connectivity index (χ2v) is 3.88. The molecule has 15 heavy (non-hydrogen) atoms. The van der Waals surface area contributed by atoms with Crippen molar-refractivity contribution in [3.63, 3.8) is 0 Å². The second kappa shape index (κ2) is 4.94. The van der Waals surface area contributed by atoms with E-state index in [0.717, 1.165) is 5.56 Å². The van der Waals surface area contributed by atoms with E-state index in [-0.39, 0.29) is 5.91 Å². The number of benzene rings is 1. The lowest BCUT2D eigenvalue weighted by Crippen LogP contribution is -2.31. The van der Waals surface area contributed by atoms with Gasteiger partial charge in [0, 0.05) is 14.1 Å². The molecule has 0 saturated carbocycles. The molecule has 3 nitrogen and oxygen atoms in total. The predicted octanol–water partition coefficient (Wildman–Crippen LogP) is 1.44. The highest BCUT2D eigenvalue weighted by molar-refractivity contribution is 5.78. The van der Waals surface area contributed by atoms with Crippen LogP contribution in [0, 0.1) is 5.92 Å². The molecule has 0 fully saturated rings. The summed E-state index contributed by atoms with van der Waals surface area (Å²) in [6, 6.07) is 9.24. The van der Waals surface area contributed by atoms with Crippen LogP contribution in [0.4, 0.5) is 0 Å². The van der Waals surface area contributed by atoms with Crippen LogP contribution >= 0.6 is 0 Å². The van der Waals surface area contributed by atoms with E-state index < -0.39 is 12.0 Å². The zero-order valence-corrected chi connectivity index (χ0v) is 9.34. The summed E-state index contributed by atoms with van der Waals surface area (Å²) in [7, 11) is 3.38. The number of carbonyl (C=O) groups excluding carboxylic acids is 1. The van der Waals surface area contributed by atoms with Gasteiger partial charge in [-0.3, -0.25) is 4.79 Å². The minimum atomic E-state index is -0.735. The van der Waals surface area contributed by atoms with Crippen molar-refractivity contribution in [1.82, 2.24) is 4.90 Å². The molecule has 1 N–H and O–H groups in total. The van der Waals surface area contributed by atoms with Crippen molar-refractivity contribution in [1.29, 1.82) is 0 Å². The van der Waals surface area contributed by atoms with Gasteiger partial charge in [0.25, 0.3) is 0 Å². The summed E-state index contributed by atoms with van der Waals surface area (Å²) in [4.78, 5) is 13.1. The maximum Gasteiger partial charge on any atom is 0.227 e. The molecule has 0 aromatic heterocycles. The molecule has 0 unspecified atom stereocenters. The maximum absolute atomic E-state index is 11.6. The zero-order chi connectivity index (χ0) is 11.4. The van der Waals surface area contributed by atoms with Crippen molar-refractivity contribution in [3.8, 4) is 0 Å². The minimum absolute atomic E-state index is 0.0636. The first kappa shape index (κ1) is 11.7. The molecule has 0 saturated heterocycles. The van der Waals surface area contributed by atoms with Gasteiger partial charge in [-0.2, -0.15) is 0 Å². The Kier molecular flexibility index (Phi) is 3.86. The molecule has 0 heterocycles. The van der Waals surface area contributed by atoms with Gasteiger partial charge in [-0.05, 0) is 5.56 Å². The first-order valence-corrected chi connectivity index (χ1v) is 4.98. The van der Waals surface area contributed by atoms with Crippen LogP contribution in [0.15, 0.2) is 30.3 Å².